The Morgan fingerprint density at radius 1 is 1.62 bits per heavy atom. The van der Waals surface area contributed by atoms with Crippen LogP contribution in [0.2, 0.25) is 0 Å². The van der Waals surface area contributed by atoms with E-state index in [-0.39, 0.29) is 5.78 Å². The maximum Gasteiger partial charge on any atom is 0.151 e. The number of nitrogens with one attached hydrogen (secondary N) is 1. The van der Waals surface area contributed by atoms with Gasteiger partial charge in [-0.05, 0) is 6.07 Å². The second-order valence-electron chi connectivity index (χ2n) is 3.46. The molecule has 0 fully saturated rings. The molecular formula is C11H17N3O2. The summed E-state index contributed by atoms with van der Waals surface area (Å²) in [4.78, 5) is 15.5. The van der Waals surface area contributed by atoms with Gasteiger partial charge in [0.05, 0.1) is 13.2 Å². The second kappa shape index (κ2) is 6.92. The molecule has 5 heteroatoms. The maximum atomic E-state index is 11.5. The molecule has 0 saturated carbocycles. The number of ether oxygens (including phenoxy) is 1. The molecule has 1 heterocycles. The minimum Gasteiger partial charge on any atom is -0.398 e. The number of carbonyl (C=O) groups is 1. The number of nitrogens with two attached hydrogens (primary N) is 1. The van der Waals surface area contributed by atoms with Crippen LogP contribution in [0.25, 0.3) is 0 Å². The summed E-state index contributed by atoms with van der Waals surface area (Å²) in [6.45, 7) is 1.60. The van der Waals surface area contributed by atoms with E-state index >= 15 is 0 Å². The lowest BCUT2D eigenvalue weighted by atomic mass is 10.1. The molecule has 0 aliphatic heterocycles. The Balaban J connectivity index is 2.32. The molecule has 16 heavy (non-hydrogen) atoms. The van der Waals surface area contributed by atoms with Crippen molar-refractivity contribution in [2.45, 2.75) is 6.42 Å². The van der Waals surface area contributed by atoms with Gasteiger partial charge in [0, 0.05) is 43.7 Å². The summed E-state index contributed by atoms with van der Waals surface area (Å²) in [7, 11) is 1.62. The van der Waals surface area contributed by atoms with Gasteiger partial charge in [-0.15, -0.1) is 0 Å². The summed E-state index contributed by atoms with van der Waals surface area (Å²) >= 11 is 0. The standard InChI is InChI=1S/C11H17N3O2/c1-16-5-4-14-8-10(15)6-9-7-13-3-2-11(9)12/h2-3,7,14H,4-6,8H2,1H3,(H2,12,13). The zero-order valence-corrected chi connectivity index (χ0v) is 9.40. The Morgan fingerprint density at radius 3 is 3.12 bits per heavy atom. The van der Waals surface area contributed by atoms with Crippen LogP contribution in [-0.2, 0) is 16.0 Å². The van der Waals surface area contributed by atoms with Crippen molar-refractivity contribution in [1.82, 2.24) is 10.3 Å². The first kappa shape index (κ1) is 12.6. The molecule has 0 aliphatic rings. The summed E-state index contributed by atoms with van der Waals surface area (Å²) < 4.78 is 4.86. The van der Waals surface area contributed by atoms with Crippen molar-refractivity contribution in [2.24, 2.45) is 0 Å². The van der Waals surface area contributed by atoms with Crippen molar-refractivity contribution in [3.8, 4) is 0 Å². The quantitative estimate of drug-likeness (QED) is 0.637. The van der Waals surface area contributed by atoms with E-state index in [4.69, 9.17) is 10.5 Å². The van der Waals surface area contributed by atoms with Crippen LogP contribution in [0.1, 0.15) is 5.56 Å². The number of Topliss-reactive ketones (excluding diaryl/α,β-unsaturated/α-hetero) is 1. The zero-order valence-electron chi connectivity index (χ0n) is 9.40. The lowest BCUT2D eigenvalue weighted by Gasteiger charge is -2.05. The van der Waals surface area contributed by atoms with Gasteiger partial charge in [0.2, 0.25) is 0 Å². The number of methoxy groups -OCH3 is 1. The Hall–Kier alpha value is -1.46. The van der Waals surface area contributed by atoms with Crippen molar-refractivity contribution in [3.05, 3.63) is 24.0 Å². The molecule has 0 aliphatic carbocycles. The normalized spacial score (nSPS) is 10.3. The largest absolute Gasteiger partial charge is 0.398 e. The van der Waals surface area contributed by atoms with Crippen LogP contribution in [0.4, 0.5) is 5.69 Å². The van der Waals surface area contributed by atoms with Crippen molar-refractivity contribution < 1.29 is 9.53 Å². The minimum atomic E-state index is 0.0933. The Labute approximate surface area is 95.0 Å². The van der Waals surface area contributed by atoms with Gasteiger partial charge in [-0.25, -0.2) is 0 Å². The van der Waals surface area contributed by atoms with E-state index in [1.807, 2.05) is 0 Å². The molecule has 0 radical (unpaired) electrons. The smallest absolute Gasteiger partial charge is 0.151 e. The SMILES string of the molecule is COCCNCC(=O)Cc1cnccc1N. The van der Waals surface area contributed by atoms with E-state index in [0.29, 0.717) is 31.8 Å². The predicted octanol–water partition coefficient (Wildman–Crippen LogP) is 0.0114. The number of nitrogens with zero attached hydrogens (tertiary/aromatic N) is 1. The Morgan fingerprint density at radius 2 is 2.44 bits per heavy atom. The highest BCUT2D eigenvalue weighted by molar-refractivity contribution is 5.83. The number of pyridine rings is 1. The fraction of sp³-hybridized carbons (Fsp3) is 0.455. The molecule has 0 atom stereocenters. The number of carbonyl (C=O) groups excluding carboxylic acids is 1. The van der Waals surface area contributed by atoms with Gasteiger partial charge in [-0.3, -0.25) is 9.78 Å². The molecule has 0 aromatic carbocycles. The highest BCUT2D eigenvalue weighted by Gasteiger charge is 2.05. The summed E-state index contributed by atoms with van der Waals surface area (Å²) in [5, 5.41) is 2.99. The number of aromatic nitrogens is 1. The van der Waals surface area contributed by atoms with Gasteiger partial charge < -0.3 is 15.8 Å². The number of hydrogen-bond acceptors (Lipinski definition) is 5. The van der Waals surface area contributed by atoms with Crippen LogP contribution in [0, 0.1) is 0 Å². The van der Waals surface area contributed by atoms with E-state index in [2.05, 4.69) is 10.3 Å². The maximum absolute atomic E-state index is 11.5. The van der Waals surface area contributed by atoms with Gasteiger partial charge in [-0.1, -0.05) is 0 Å². The molecule has 3 N–H and O–H groups in total. The monoisotopic (exact) mass is 223 g/mol. The molecule has 0 spiro atoms. The molecule has 0 saturated heterocycles. The topological polar surface area (TPSA) is 77.2 Å². The molecule has 1 aromatic heterocycles. The van der Waals surface area contributed by atoms with Gasteiger partial charge in [0.25, 0.3) is 0 Å². The lowest BCUT2D eigenvalue weighted by Crippen LogP contribution is -2.27. The zero-order chi connectivity index (χ0) is 11.8. The molecular weight excluding hydrogens is 206 g/mol. The van der Waals surface area contributed by atoms with Crippen molar-refractivity contribution >= 4 is 11.5 Å². The first-order valence-electron chi connectivity index (χ1n) is 5.13. The molecule has 1 aromatic rings. The summed E-state index contributed by atoms with van der Waals surface area (Å²) in [5.41, 5.74) is 7.10. The minimum absolute atomic E-state index is 0.0933. The third-order valence-electron chi connectivity index (χ3n) is 2.13. The average molecular weight is 223 g/mol. The number of ketones is 1. The first-order valence-corrected chi connectivity index (χ1v) is 5.13. The lowest BCUT2D eigenvalue weighted by molar-refractivity contribution is -0.117. The fourth-order valence-corrected chi connectivity index (χ4v) is 1.26. The van der Waals surface area contributed by atoms with Crippen molar-refractivity contribution in [3.63, 3.8) is 0 Å². The number of hydrogen-bond donors (Lipinski definition) is 2. The van der Waals surface area contributed by atoms with Crippen LogP contribution in [0.15, 0.2) is 18.5 Å². The first-order chi connectivity index (χ1) is 7.74. The van der Waals surface area contributed by atoms with E-state index in [9.17, 15) is 4.79 Å². The van der Waals surface area contributed by atoms with E-state index in [1.165, 1.54) is 0 Å². The third kappa shape index (κ3) is 4.37. The van der Waals surface area contributed by atoms with Gasteiger partial charge in [0.1, 0.15) is 0 Å². The Kier molecular flexibility index (Phi) is 5.45. The Bertz CT molecular complexity index is 342. The summed E-state index contributed by atoms with van der Waals surface area (Å²) in [6, 6.07) is 1.70. The van der Waals surface area contributed by atoms with Crippen molar-refractivity contribution in [1.29, 1.82) is 0 Å². The van der Waals surface area contributed by atoms with E-state index in [1.54, 1.807) is 25.6 Å². The fourth-order valence-electron chi connectivity index (χ4n) is 1.26. The highest BCUT2D eigenvalue weighted by Crippen LogP contribution is 2.09. The van der Waals surface area contributed by atoms with E-state index < -0.39 is 0 Å². The highest BCUT2D eigenvalue weighted by atomic mass is 16.5. The number of rotatable bonds is 7. The number of anilines is 1. The van der Waals surface area contributed by atoms with Gasteiger partial charge in [-0.2, -0.15) is 0 Å². The van der Waals surface area contributed by atoms with Crippen molar-refractivity contribution in [2.75, 3.05) is 32.5 Å². The number of nitrogen functional groups attached to an aromatic ring is 1. The molecule has 0 amide bonds. The molecule has 88 valence electrons. The van der Waals surface area contributed by atoms with Crippen LogP contribution in [0.5, 0.6) is 0 Å². The van der Waals surface area contributed by atoms with Crippen LogP contribution in [-0.4, -0.2) is 37.6 Å². The third-order valence-corrected chi connectivity index (χ3v) is 2.13. The molecule has 5 nitrogen and oxygen atoms in total. The molecule has 0 bridgehead atoms. The van der Waals surface area contributed by atoms with Crippen LogP contribution >= 0.6 is 0 Å². The van der Waals surface area contributed by atoms with Crippen LogP contribution in [0.3, 0.4) is 0 Å². The average Bonchev–Trinajstić information content (AvgIpc) is 2.28. The van der Waals surface area contributed by atoms with Crippen LogP contribution < -0.4 is 11.1 Å². The molecule has 1 rings (SSSR count). The van der Waals surface area contributed by atoms with Gasteiger partial charge in [0.15, 0.2) is 5.78 Å². The second-order valence-corrected chi connectivity index (χ2v) is 3.46. The summed E-state index contributed by atoms with van der Waals surface area (Å²) in [6.07, 6.45) is 3.56. The van der Waals surface area contributed by atoms with E-state index in [0.717, 1.165) is 5.56 Å². The van der Waals surface area contributed by atoms with Gasteiger partial charge >= 0.3 is 0 Å². The summed E-state index contributed by atoms with van der Waals surface area (Å²) in [5.74, 6) is 0.0933. The molecule has 0 unspecified atom stereocenters. The predicted molar refractivity (Wildman–Crippen MR) is 62.1 cm³/mol.